The molecule has 19 heavy (non-hydrogen) atoms. The minimum absolute atomic E-state index is 0.653. The molecule has 0 N–H and O–H groups in total. The Bertz CT molecular complexity index is 435. The fourth-order valence-corrected chi connectivity index (χ4v) is 3.47. The van der Waals surface area contributed by atoms with E-state index in [0.29, 0.717) is 6.04 Å². The molecule has 0 unspecified atom stereocenters. The van der Waals surface area contributed by atoms with E-state index in [0.717, 1.165) is 18.3 Å². The van der Waals surface area contributed by atoms with Crippen LogP contribution in [0.4, 0.5) is 0 Å². The molecular formula is C16H24N2O. The van der Waals surface area contributed by atoms with Crippen molar-refractivity contribution >= 4 is 0 Å². The van der Waals surface area contributed by atoms with Crippen molar-refractivity contribution in [1.29, 1.82) is 0 Å². The van der Waals surface area contributed by atoms with Crippen molar-refractivity contribution in [2.45, 2.75) is 38.4 Å². The van der Waals surface area contributed by atoms with Gasteiger partial charge in [-0.15, -0.1) is 0 Å². The summed E-state index contributed by atoms with van der Waals surface area (Å²) >= 11 is 0. The maximum Gasteiger partial charge on any atom is 0.119 e. The van der Waals surface area contributed by atoms with Crippen LogP contribution in [0.3, 0.4) is 0 Å². The first-order chi connectivity index (χ1) is 9.26. The van der Waals surface area contributed by atoms with Gasteiger partial charge in [0.1, 0.15) is 5.75 Å². The predicted octanol–water partition coefficient (Wildman–Crippen LogP) is 2.36. The summed E-state index contributed by atoms with van der Waals surface area (Å²) in [6.45, 7) is 7.16. The molecule has 3 heteroatoms. The Labute approximate surface area is 116 Å². The molecule has 1 aromatic rings. The molecule has 104 valence electrons. The molecule has 0 amide bonds. The molecule has 2 fully saturated rings. The highest BCUT2D eigenvalue weighted by Crippen LogP contribution is 2.26. The molecule has 0 aliphatic carbocycles. The second-order valence-electron chi connectivity index (χ2n) is 5.92. The highest BCUT2D eigenvalue weighted by Gasteiger charge is 2.34. The fraction of sp³-hybridized carbons (Fsp3) is 0.625. The van der Waals surface area contributed by atoms with Crippen LogP contribution in [0, 0.1) is 0 Å². The first-order valence-corrected chi connectivity index (χ1v) is 7.37. The summed E-state index contributed by atoms with van der Waals surface area (Å²) in [7, 11) is 1.74. The van der Waals surface area contributed by atoms with Crippen molar-refractivity contribution in [3.05, 3.63) is 29.8 Å². The minimum atomic E-state index is 0.653. The van der Waals surface area contributed by atoms with Gasteiger partial charge in [-0.2, -0.15) is 0 Å². The number of hydrogen-bond donors (Lipinski definition) is 0. The van der Waals surface area contributed by atoms with Crippen molar-refractivity contribution in [3.8, 4) is 5.75 Å². The third-order valence-electron chi connectivity index (χ3n) is 4.59. The Morgan fingerprint density at radius 2 is 2.21 bits per heavy atom. The number of nitrogens with zero attached hydrogens (tertiary/aromatic N) is 2. The van der Waals surface area contributed by atoms with Crippen molar-refractivity contribution in [2.75, 3.05) is 26.7 Å². The number of benzene rings is 1. The molecule has 2 aliphatic heterocycles. The largest absolute Gasteiger partial charge is 0.497 e. The highest BCUT2D eigenvalue weighted by atomic mass is 16.5. The van der Waals surface area contributed by atoms with Crippen LogP contribution < -0.4 is 4.74 Å². The topological polar surface area (TPSA) is 15.7 Å². The Hall–Kier alpha value is -1.06. The number of methoxy groups -OCH3 is 1. The van der Waals surface area contributed by atoms with Gasteiger partial charge in [0.05, 0.1) is 7.11 Å². The smallest absolute Gasteiger partial charge is 0.119 e. The molecule has 0 radical (unpaired) electrons. The van der Waals surface area contributed by atoms with Crippen molar-refractivity contribution in [3.63, 3.8) is 0 Å². The summed E-state index contributed by atoms with van der Waals surface area (Å²) in [6, 6.07) is 9.92. The summed E-state index contributed by atoms with van der Waals surface area (Å²) in [5.74, 6) is 0.963. The second-order valence-corrected chi connectivity index (χ2v) is 5.92. The summed E-state index contributed by atoms with van der Waals surface area (Å²) in [4.78, 5) is 5.30. The molecule has 2 saturated heterocycles. The average molecular weight is 260 g/mol. The van der Waals surface area contributed by atoms with Gasteiger partial charge < -0.3 is 4.74 Å². The number of piperazine rings is 1. The lowest BCUT2D eigenvalue weighted by Crippen LogP contribution is -2.54. The minimum Gasteiger partial charge on any atom is -0.497 e. The summed E-state index contributed by atoms with van der Waals surface area (Å²) in [6.07, 6.45) is 2.76. The van der Waals surface area contributed by atoms with E-state index in [4.69, 9.17) is 4.74 Å². The van der Waals surface area contributed by atoms with E-state index in [2.05, 4.69) is 34.9 Å². The lowest BCUT2D eigenvalue weighted by molar-refractivity contribution is 0.0540. The van der Waals surface area contributed by atoms with E-state index in [1.807, 2.05) is 6.07 Å². The van der Waals surface area contributed by atoms with Crippen LogP contribution in [0.25, 0.3) is 0 Å². The Balaban J connectivity index is 1.68. The van der Waals surface area contributed by atoms with Gasteiger partial charge in [-0.3, -0.25) is 9.80 Å². The Morgan fingerprint density at radius 1 is 1.32 bits per heavy atom. The van der Waals surface area contributed by atoms with Gasteiger partial charge in [0.2, 0.25) is 0 Å². The molecular weight excluding hydrogens is 236 g/mol. The molecule has 2 atom stereocenters. The number of hydrogen-bond acceptors (Lipinski definition) is 3. The van der Waals surface area contributed by atoms with Gasteiger partial charge in [-0.1, -0.05) is 12.1 Å². The zero-order chi connectivity index (χ0) is 13.2. The van der Waals surface area contributed by atoms with E-state index >= 15 is 0 Å². The summed E-state index contributed by atoms with van der Waals surface area (Å²) in [5, 5.41) is 0. The van der Waals surface area contributed by atoms with Crippen molar-refractivity contribution < 1.29 is 4.74 Å². The fourth-order valence-electron chi connectivity index (χ4n) is 3.47. The van der Waals surface area contributed by atoms with Gasteiger partial charge in [-0.25, -0.2) is 0 Å². The summed E-state index contributed by atoms with van der Waals surface area (Å²) < 4.78 is 5.31. The third kappa shape index (κ3) is 2.77. The van der Waals surface area contributed by atoms with E-state index in [-0.39, 0.29) is 0 Å². The quantitative estimate of drug-likeness (QED) is 0.830. The SMILES string of the molecule is COc1cccc(CN2C[C@H]3CCCN3C[C@H]2C)c1. The zero-order valence-electron chi connectivity index (χ0n) is 12.0. The van der Waals surface area contributed by atoms with Crippen LogP contribution in [0.5, 0.6) is 5.75 Å². The van der Waals surface area contributed by atoms with Crippen molar-refractivity contribution in [1.82, 2.24) is 9.80 Å². The summed E-state index contributed by atoms with van der Waals surface area (Å²) in [5.41, 5.74) is 1.36. The number of fused-ring (bicyclic) bond motifs is 1. The predicted molar refractivity (Wildman–Crippen MR) is 77.5 cm³/mol. The molecule has 3 rings (SSSR count). The van der Waals surface area contributed by atoms with Gasteiger partial charge in [-0.05, 0) is 44.0 Å². The average Bonchev–Trinajstić information content (AvgIpc) is 2.86. The molecule has 0 spiro atoms. The van der Waals surface area contributed by atoms with Crippen molar-refractivity contribution in [2.24, 2.45) is 0 Å². The van der Waals surface area contributed by atoms with E-state index in [1.165, 1.54) is 38.0 Å². The maximum atomic E-state index is 5.31. The third-order valence-corrected chi connectivity index (χ3v) is 4.59. The number of ether oxygens (including phenoxy) is 1. The van der Waals surface area contributed by atoms with E-state index in [9.17, 15) is 0 Å². The zero-order valence-corrected chi connectivity index (χ0v) is 12.0. The lowest BCUT2D eigenvalue weighted by atomic mass is 10.1. The van der Waals surface area contributed by atoms with Gasteiger partial charge in [0.15, 0.2) is 0 Å². The number of rotatable bonds is 3. The first-order valence-electron chi connectivity index (χ1n) is 7.37. The molecule has 0 bridgehead atoms. The molecule has 2 aliphatic rings. The Kier molecular flexibility index (Phi) is 3.76. The standard InChI is InChI=1S/C16H24N2O/c1-13-10-17-8-4-6-15(17)12-18(13)11-14-5-3-7-16(9-14)19-2/h3,5,7,9,13,15H,4,6,8,10-12H2,1-2H3/t13-,15-/m1/s1. The monoisotopic (exact) mass is 260 g/mol. The molecule has 1 aromatic carbocycles. The van der Waals surface area contributed by atoms with E-state index < -0.39 is 0 Å². The van der Waals surface area contributed by atoms with Crippen LogP contribution in [0.2, 0.25) is 0 Å². The van der Waals surface area contributed by atoms with Gasteiger partial charge in [0.25, 0.3) is 0 Å². The van der Waals surface area contributed by atoms with Gasteiger partial charge >= 0.3 is 0 Å². The van der Waals surface area contributed by atoms with Crippen LogP contribution in [-0.4, -0.2) is 48.6 Å². The normalized spacial score (nSPS) is 28.3. The molecule has 0 saturated carbocycles. The first kappa shape index (κ1) is 12.9. The van der Waals surface area contributed by atoms with E-state index in [1.54, 1.807) is 7.11 Å². The molecule has 3 nitrogen and oxygen atoms in total. The maximum absolute atomic E-state index is 5.31. The molecule has 0 aromatic heterocycles. The van der Waals surface area contributed by atoms with Crippen LogP contribution >= 0.6 is 0 Å². The van der Waals surface area contributed by atoms with Gasteiger partial charge in [0, 0.05) is 31.7 Å². The highest BCUT2D eigenvalue weighted by molar-refractivity contribution is 5.28. The van der Waals surface area contributed by atoms with Crippen LogP contribution in [0.1, 0.15) is 25.3 Å². The lowest BCUT2D eigenvalue weighted by Gasteiger charge is -2.42. The second kappa shape index (κ2) is 5.51. The Morgan fingerprint density at radius 3 is 3.05 bits per heavy atom. The molecule has 2 heterocycles. The van der Waals surface area contributed by atoms with Crippen LogP contribution in [-0.2, 0) is 6.54 Å². The van der Waals surface area contributed by atoms with Crippen LogP contribution in [0.15, 0.2) is 24.3 Å².